The first-order chi connectivity index (χ1) is 13.9. The van der Waals surface area contributed by atoms with E-state index in [1.165, 1.54) is 5.56 Å². The van der Waals surface area contributed by atoms with Crippen LogP contribution in [0.15, 0.2) is 66.7 Å². The minimum atomic E-state index is -0.107. The molecule has 0 bridgehead atoms. The fraction of sp³-hybridized carbons (Fsp3) is 0.292. The maximum absolute atomic E-state index is 13.0. The Morgan fingerprint density at radius 2 is 1.45 bits per heavy atom. The van der Waals surface area contributed by atoms with Gasteiger partial charge in [0.05, 0.1) is 0 Å². The van der Waals surface area contributed by atoms with Crippen LogP contribution in [0.4, 0.5) is 5.82 Å². The summed E-state index contributed by atoms with van der Waals surface area (Å²) in [5.74, 6) is 1.26. The second-order valence-electron chi connectivity index (χ2n) is 7.51. The van der Waals surface area contributed by atoms with Crippen LogP contribution < -0.4 is 4.90 Å². The maximum atomic E-state index is 13.0. The molecular formula is C24H28N4O. The summed E-state index contributed by atoms with van der Waals surface area (Å²) in [5.41, 5.74) is 2.71. The molecule has 0 saturated carbocycles. The van der Waals surface area contributed by atoms with Crippen molar-refractivity contribution >= 4 is 11.7 Å². The zero-order valence-electron chi connectivity index (χ0n) is 17.5. The topological polar surface area (TPSA) is 49.3 Å². The maximum Gasteiger partial charge on any atom is 0.272 e. The van der Waals surface area contributed by atoms with E-state index in [9.17, 15) is 4.79 Å². The number of anilines is 1. The summed E-state index contributed by atoms with van der Waals surface area (Å²) < 4.78 is 0. The Kier molecular flexibility index (Phi) is 6.60. The van der Waals surface area contributed by atoms with Gasteiger partial charge < -0.3 is 9.80 Å². The molecule has 0 atom stereocenters. The molecule has 0 aliphatic carbocycles. The third-order valence-electron chi connectivity index (χ3n) is 4.77. The summed E-state index contributed by atoms with van der Waals surface area (Å²) in [6.07, 6.45) is 0. The fourth-order valence-electron chi connectivity index (χ4n) is 3.24. The predicted molar refractivity (Wildman–Crippen MR) is 117 cm³/mol. The van der Waals surface area contributed by atoms with Gasteiger partial charge in [-0.2, -0.15) is 0 Å². The van der Waals surface area contributed by atoms with Gasteiger partial charge in [0.25, 0.3) is 5.91 Å². The van der Waals surface area contributed by atoms with E-state index in [0.717, 1.165) is 17.9 Å². The SMILES string of the molecule is Cc1nc(C(=O)N(C)Cc2ccccc2)cc(N(Cc2ccccc2)C(C)C)n1. The van der Waals surface area contributed by atoms with Crippen LogP contribution in [0.3, 0.4) is 0 Å². The molecule has 1 amide bonds. The Hall–Kier alpha value is -3.21. The molecule has 3 rings (SSSR count). The number of hydrogen-bond acceptors (Lipinski definition) is 4. The number of aromatic nitrogens is 2. The second kappa shape index (κ2) is 9.32. The molecule has 0 spiro atoms. The van der Waals surface area contributed by atoms with E-state index < -0.39 is 0 Å². The highest BCUT2D eigenvalue weighted by Crippen LogP contribution is 2.20. The van der Waals surface area contributed by atoms with Gasteiger partial charge in [0, 0.05) is 32.2 Å². The van der Waals surface area contributed by atoms with E-state index in [-0.39, 0.29) is 11.9 Å². The summed E-state index contributed by atoms with van der Waals surface area (Å²) in [5, 5.41) is 0. The number of benzene rings is 2. The number of amides is 1. The van der Waals surface area contributed by atoms with Gasteiger partial charge in [0.15, 0.2) is 0 Å². The van der Waals surface area contributed by atoms with Gasteiger partial charge in [-0.25, -0.2) is 9.97 Å². The van der Waals surface area contributed by atoms with Gasteiger partial charge in [-0.05, 0) is 31.9 Å². The van der Waals surface area contributed by atoms with Crippen molar-refractivity contribution in [2.75, 3.05) is 11.9 Å². The fourth-order valence-corrected chi connectivity index (χ4v) is 3.24. The number of carbonyl (C=O) groups excluding carboxylic acids is 1. The van der Waals surface area contributed by atoms with E-state index in [1.807, 2.05) is 55.5 Å². The molecule has 0 aliphatic rings. The normalized spacial score (nSPS) is 10.8. The Morgan fingerprint density at radius 1 is 0.897 bits per heavy atom. The number of aryl methyl sites for hydroxylation is 1. The molecular weight excluding hydrogens is 360 g/mol. The average molecular weight is 389 g/mol. The van der Waals surface area contributed by atoms with Gasteiger partial charge in [-0.1, -0.05) is 60.7 Å². The largest absolute Gasteiger partial charge is 0.350 e. The highest BCUT2D eigenvalue weighted by Gasteiger charge is 2.19. The van der Waals surface area contributed by atoms with Gasteiger partial charge in [0.2, 0.25) is 0 Å². The molecule has 0 aliphatic heterocycles. The summed E-state index contributed by atoms with van der Waals surface area (Å²) in [7, 11) is 1.80. The van der Waals surface area contributed by atoms with Crippen molar-refractivity contribution in [1.82, 2.24) is 14.9 Å². The molecule has 5 nitrogen and oxygen atoms in total. The number of carbonyl (C=O) groups is 1. The van der Waals surface area contributed by atoms with Crippen molar-refractivity contribution in [3.63, 3.8) is 0 Å². The van der Waals surface area contributed by atoms with Crippen LogP contribution in [0.5, 0.6) is 0 Å². The monoisotopic (exact) mass is 388 g/mol. The molecule has 3 aromatic rings. The third-order valence-corrected chi connectivity index (χ3v) is 4.77. The predicted octanol–water partition coefficient (Wildman–Crippen LogP) is 4.47. The summed E-state index contributed by atoms with van der Waals surface area (Å²) in [6, 6.07) is 22.3. The van der Waals surface area contributed by atoms with E-state index in [2.05, 4.69) is 40.8 Å². The Balaban J connectivity index is 1.84. The Bertz CT molecular complexity index is 942. The number of hydrogen-bond donors (Lipinski definition) is 0. The summed E-state index contributed by atoms with van der Waals surface area (Å²) in [4.78, 5) is 25.9. The molecule has 1 aromatic heterocycles. The van der Waals surface area contributed by atoms with Crippen LogP contribution in [0, 0.1) is 6.92 Å². The van der Waals surface area contributed by atoms with Gasteiger partial charge in [-0.3, -0.25) is 4.79 Å². The van der Waals surface area contributed by atoms with Crippen molar-refractivity contribution in [2.45, 2.75) is 39.9 Å². The van der Waals surface area contributed by atoms with Gasteiger partial charge in [-0.15, -0.1) is 0 Å². The summed E-state index contributed by atoms with van der Waals surface area (Å²) in [6.45, 7) is 7.35. The molecule has 0 N–H and O–H groups in total. The molecule has 0 radical (unpaired) electrons. The lowest BCUT2D eigenvalue weighted by atomic mass is 10.2. The van der Waals surface area contributed by atoms with Gasteiger partial charge >= 0.3 is 0 Å². The van der Waals surface area contributed by atoms with Crippen molar-refractivity contribution in [3.8, 4) is 0 Å². The molecule has 5 heteroatoms. The van der Waals surface area contributed by atoms with Crippen LogP contribution >= 0.6 is 0 Å². The Labute approximate surface area is 173 Å². The summed E-state index contributed by atoms with van der Waals surface area (Å²) >= 11 is 0. The lowest BCUT2D eigenvalue weighted by Crippen LogP contribution is -2.32. The van der Waals surface area contributed by atoms with Crippen molar-refractivity contribution in [1.29, 1.82) is 0 Å². The van der Waals surface area contributed by atoms with E-state index >= 15 is 0 Å². The zero-order chi connectivity index (χ0) is 20.8. The van der Waals surface area contributed by atoms with Crippen molar-refractivity contribution < 1.29 is 4.79 Å². The molecule has 0 saturated heterocycles. The average Bonchev–Trinajstić information content (AvgIpc) is 2.72. The highest BCUT2D eigenvalue weighted by molar-refractivity contribution is 5.92. The highest BCUT2D eigenvalue weighted by atomic mass is 16.2. The van der Waals surface area contributed by atoms with Crippen molar-refractivity contribution in [2.24, 2.45) is 0 Å². The lowest BCUT2D eigenvalue weighted by molar-refractivity contribution is 0.0779. The molecule has 1 heterocycles. The van der Waals surface area contributed by atoms with E-state index in [1.54, 1.807) is 18.0 Å². The first-order valence-corrected chi connectivity index (χ1v) is 9.89. The lowest BCUT2D eigenvalue weighted by Gasteiger charge is -2.28. The van der Waals surface area contributed by atoms with E-state index in [4.69, 9.17) is 0 Å². The Morgan fingerprint density at radius 3 is 2.00 bits per heavy atom. The van der Waals surface area contributed by atoms with Crippen LogP contribution in [-0.2, 0) is 13.1 Å². The molecule has 0 unspecified atom stereocenters. The van der Waals surface area contributed by atoms with E-state index in [0.29, 0.717) is 18.1 Å². The molecule has 0 fully saturated rings. The smallest absolute Gasteiger partial charge is 0.272 e. The van der Waals surface area contributed by atoms with Crippen LogP contribution in [-0.4, -0.2) is 33.9 Å². The minimum Gasteiger partial charge on any atom is -0.350 e. The quantitative estimate of drug-likeness (QED) is 0.599. The van der Waals surface area contributed by atoms with Gasteiger partial charge in [0.1, 0.15) is 17.3 Å². The first-order valence-electron chi connectivity index (χ1n) is 9.89. The third kappa shape index (κ3) is 5.41. The van der Waals surface area contributed by atoms with Crippen LogP contribution in [0.2, 0.25) is 0 Å². The van der Waals surface area contributed by atoms with Crippen molar-refractivity contribution in [3.05, 3.63) is 89.4 Å². The van der Waals surface area contributed by atoms with Crippen LogP contribution in [0.25, 0.3) is 0 Å². The minimum absolute atomic E-state index is 0.107. The molecule has 2 aromatic carbocycles. The van der Waals surface area contributed by atoms with Crippen LogP contribution in [0.1, 0.15) is 41.3 Å². The number of rotatable bonds is 7. The standard InChI is InChI=1S/C24H28N4O/c1-18(2)28(17-21-13-9-6-10-14-21)23-15-22(25-19(3)26-23)24(29)27(4)16-20-11-7-5-8-12-20/h5-15,18H,16-17H2,1-4H3. The zero-order valence-corrected chi connectivity index (χ0v) is 17.5. The first kappa shape index (κ1) is 20.5. The second-order valence-corrected chi connectivity index (χ2v) is 7.51. The number of nitrogens with zero attached hydrogens (tertiary/aromatic N) is 4. The molecule has 150 valence electrons. The molecule has 29 heavy (non-hydrogen) atoms.